The van der Waals surface area contributed by atoms with Gasteiger partial charge in [0.2, 0.25) is 0 Å². The fraction of sp³-hybridized carbons (Fsp3) is 0.750. The third-order valence-corrected chi connectivity index (χ3v) is 2.65. The van der Waals surface area contributed by atoms with Gasteiger partial charge in [-0.05, 0) is 26.3 Å². The summed E-state index contributed by atoms with van der Waals surface area (Å²) in [6, 6.07) is 0. The zero-order valence-corrected chi connectivity index (χ0v) is 7.54. The first-order valence-corrected chi connectivity index (χ1v) is 4.32. The zero-order valence-electron chi connectivity index (χ0n) is 7.54. The molecule has 1 aliphatic heterocycles. The van der Waals surface area contributed by atoms with Gasteiger partial charge < -0.3 is 5.32 Å². The Hall–Kier alpha value is -0.900. The van der Waals surface area contributed by atoms with Gasteiger partial charge in [-0.15, -0.1) is 5.10 Å². The van der Waals surface area contributed by atoms with Crippen LogP contribution in [0.15, 0.2) is 6.20 Å². The van der Waals surface area contributed by atoms with Crippen LogP contribution in [0.2, 0.25) is 0 Å². The summed E-state index contributed by atoms with van der Waals surface area (Å²) < 4.78 is 1.85. The van der Waals surface area contributed by atoms with Crippen molar-refractivity contribution < 1.29 is 0 Å². The van der Waals surface area contributed by atoms with Crippen LogP contribution in [-0.2, 0) is 12.6 Å². The Bertz CT molecular complexity index is 272. The Balaban J connectivity index is 2.34. The predicted molar refractivity (Wildman–Crippen MR) is 45.6 cm³/mol. The van der Waals surface area contributed by atoms with Gasteiger partial charge in [0.15, 0.2) is 0 Å². The molecule has 1 aromatic rings. The van der Waals surface area contributed by atoms with Gasteiger partial charge in [0.05, 0.1) is 17.4 Å². The van der Waals surface area contributed by atoms with Crippen molar-refractivity contribution in [2.45, 2.75) is 25.3 Å². The summed E-state index contributed by atoms with van der Waals surface area (Å²) in [4.78, 5) is 0. The molecule has 1 unspecified atom stereocenters. The minimum Gasteiger partial charge on any atom is -0.306 e. The highest BCUT2D eigenvalue weighted by Gasteiger charge is 2.32. The molecule has 1 aliphatic rings. The second-order valence-electron chi connectivity index (χ2n) is 3.61. The Morgan fingerprint density at radius 1 is 1.67 bits per heavy atom. The second kappa shape index (κ2) is 2.55. The van der Waals surface area contributed by atoms with Crippen molar-refractivity contribution in [2.75, 3.05) is 6.54 Å². The van der Waals surface area contributed by atoms with Crippen molar-refractivity contribution in [1.82, 2.24) is 20.3 Å². The van der Waals surface area contributed by atoms with E-state index in [9.17, 15) is 0 Å². The van der Waals surface area contributed by atoms with E-state index in [1.54, 1.807) is 0 Å². The molecule has 0 spiro atoms. The largest absolute Gasteiger partial charge is 0.306 e. The molecule has 0 radical (unpaired) electrons. The van der Waals surface area contributed by atoms with Crippen LogP contribution in [0.3, 0.4) is 0 Å². The van der Waals surface area contributed by atoms with Crippen LogP contribution in [0, 0.1) is 0 Å². The molecule has 1 saturated heterocycles. The van der Waals surface area contributed by atoms with E-state index < -0.39 is 0 Å². The minimum atomic E-state index is 0.0955. The fourth-order valence-corrected chi connectivity index (χ4v) is 1.90. The average molecular weight is 166 g/mol. The molecule has 0 saturated carbocycles. The van der Waals surface area contributed by atoms with Crippen LogP contribution in [-0.4, -0.2) is 21.5 Å². The molecule has 1 atom stereocenters. The number of hydrogen-bond donors (Lipinski definition) is 1. The second-order valence-corrected chi connectivity index (χ2v) is 3.61. The lowest BCUT2D eigenvalue weighted by Gasteiger charge is -2.23. The molecule has 0 aromatic carbocycles. The van der Waals surface area contributed by atoms with Gasteiger partial charge in [-0.1, -0.05) is 5.21 Å². The first-order chi connectivity index (χ1) is 5.72. The highest BCUT2D eigenvalue weighted by atomic mass is 15.4. The summed E-state index contributed by atoms with van der Waals surface area (Å²) in [5, 5.41) is 11.3. The number of rotatable bonds is 1. The number of aryl methyl sites for hydroxylation is 1. The molecule has 66 valence electrons. The van der Waals surface area contributed by atoms with Crippen LogP contribution in [0.1, 0.15) is 25.5 Å². The maximum atomic E-state index is 3.93. The van der Waals surface area contributed by atoms with E-state index in [1.807, 2.05) is 17.9 Å². The monoisotopic (exact) mass is 166 g/mol. The van der Waals surface area contributed by atoms with Crippen LogP contribution < -0.4 is 5.32 Å². The number of hydrogen-bond acceptors (Lipinski definition) is 3. The van der Waals surface area contributed by atoms with Crippen LogP contribution >= 0.6 is 0 Å². The number of nitrogens with zero attached hydrogens (tertiary/aromatic N) is 3. The number of aromatic nitrogens is 3. The predicted octanol–water partition coefficient (Wildman–Crippen LogP) is 0.414. The fourth-order valence-electron chi connectivity index (χ4n) is 1.90. The molecule has 0 aliphatic carbocycles. The van der Waals surface area contributed by atoms with E-state index in [-0.39, 0.29) is 5.54 Å². The maximum absolute atomic E-state index is 3.93. The summed E-state index contributed by atoms with van der Waals surface area (Å²) in [6.45, 7) is 3.31. The lowest BCUT2D eigenvalue weighted by atomic mass is 9.97. The average Bonchev–Trinajstić information content (AvgIpc) is 2.59. The van der Waals surface area contributed by atoms with E-state index in [2.05, 4.69) is 22.6 Å². The molecular weight excluding hydrogens is 152 g/mol. The van der Waals surface area contributed by atoms with Crippen molar-refractivity contribution in [3.63, 3.8) is 0 Å². The lowest BCUT2D eigenvalue weighted by Crippen LogP contribution is -2.35. The first kappa shape index (κ1) is 7.73. The summed E-state index contributed by atoms with van der Waals surface area (Å²) in [6.07, 6.45) is 4.26. The summed E-state index contributed by atoms with van der Waals surface area (Å²) in [5.41, 5.74) is 1.28. The van der Waals surface area contributed by atoms with Gasteiger partial charge in [0, 0.05) is 7.05 Å². The van der Waals surface area contributed by atoms with Crippen molar-refractivity contribution >= 4 is 0 Å². The third kappa shape index (κ3) is 1.03. The lowest BCUT2D eigenvalue weighted by molar-refractivity contribution is 0.400. The molecule has 1 aromatic heterocycles. The molecule has 4 heteroatoms. The van der Waals surface area contributed by atoms with Gasteiger partial charge in [-0.25, -0.2) is 0 Å². The minimum absolute atomic E-state index is 0.0955. The van der Waals surface area contributed by atoms with Crippen molar-refractivity contribution in [1.29, 1.82) is 0 Å². The molecule has 2 rings (SSSR count). The van der Waals surface area contributed by atoms with Gasteiger partial charge >= 0.3 is 0 Å². The highest BCUT2D eigenvalue weighted by molar-refractivity contribution is 5.11. The molecular formula is C8H14N4. The molecule has 0 bridgehead atoms. The summed E-state index contributed by atoms with van der Waals surface area (Å²) >= 11 is 0. The Labute approximate surface area is 72.0 Å². The zero-order chi connectivity index (χ0) is 8.60. The van der Waals surface area contributed by atoms with E-state index in [1.165, 1.54) is 18.5 Å². The van der Waals surface area contributed by atoms with Crippen LogP contribution in [0.5, 0.6) is 0 Å². The van der Waals surface area contributed by atoms with Crippen molar-refractivity contribution in [3.05, 3.63) is 11.9 Å². The van der Waals surface area contributed by atoms with Gasteiger partial charge in [0.1, 0.15) is 0 Å². The van der Waals surface area contributed by atoms with Gasteiger partial charge in [-0.3, -0.25) is 4.68 Å². The van der Waals surface area contributed by atoms with Crippen LogP contribution in [0.4, 0.5) is 0 Å². The topological polar surface area (TPSA) is 42.7 Å². The van der Waals surface area contributed by atoms with E-state index in [0.717, 1.165) is 6.54 Å². The summed E-state index contributed by atoms with van der Waals surface area (Å²) in [5.74, 6) is 0. The Morgan fingerprint density at radius 2 is 2.50 bits per heavy atom. The van der Waals surface area contributed by atoms with Crippen molar-refractivity contribution in [2.24, 2.45) is 7.05 Å². The Kier molecular flexibility index (Phi) is 1.65. The Morgan fingerprint density at radius 3 is 3.00 bits per heavy atom. The quantitative estimate of drug-likeness (QED) is 0.657. The molecule has 4 nitrogen and oxygen atoms in total. The van der Waals surface area contributed by atoms with Crippen molar-refractivity contribution in [3.8, 4) is 0 Å². The first-order valence-electron chi connectivity index (χ1n) is 4.32. The molecule has 2 heterocycles. The molecule has 0 amide bonds. The van der Waals surface area contributed by atoms with Crippen LogP contribution in [0.25, 0.3) is 0 Å². The van der Waals surface area contributed by atoms with E-state index >= 15 is 0 Å². The maximum Gasteiger partial charge on any atom is 0.0781 e. The van der Waals surface area contributed by atoms with Gasteiger partial charge in [0.25, 0.3) is 0 Å². The number of nitrogens with one attached hydrogen (secondary N) is 1. The highest BCUT2D eigenvalue weighted by Crippen LogP contribution is 2.28. The van der Waals surface area contributed by atoms with E-state index in [4.69, 9.17) is 0 Å². The van der Waals surface area contributed by atoms with Gasteiger partial charge in [-0.2, -0.15) is 0 Å². The molecule has 1 N–H and O–H groups in total. The summed E-state index contributed by atoms with van der Waals surface area (Å²) in [7, 11) is 1.94. The smallest absolute Gasteiger partial charge is 0.0781 e. The molecule has 12 heavy (non-hydrogen) atoms. The molecule has 1 fully saturated rings. The standard InChI is InChI=1S/C8H14N4/c1-8(4-3-5-9-8)7-6-10-11-12(7)2/h6,9H,3-5H2,1-2H3. The van der Waals surface area contributed by atoms with E-state index in [0.29, 0.717) is 0 Å². The third-order valence-electron chi connectivity index (χ3n) is 2.65. The SMILES string of the molecule is Cn1nncc1C1(C)CCCN1. The normalized spacial score (nSPS) is 29.5.